The smallest absolute Gasteiger partial charge is 0.148 e. The Kier molecular flexibility index (Phi) is 4.42. The summed E-state index contributed by atoms with van der Waals surface area (Å²) in [5, 5.41) is 7.27. The average molecular weight is 290 g/mol. The molecule has 7 nitrogen and oxygen atoms in total. The van der Waals surface area contributed by atoms with Gasteiger partial charge in [-0.3, -0.25) is 0 Å². The normalized spacial score (nSPS) is 11.0. The predicted molar refractivity (Wildman–Crippen MR) is 82.0 cm³/mol. The van der Waals surface area contributed by atoms with Crippen LogP contribution in [0.3, 0.4) is 0 Å². The first-order valence-electron chi connectivity index (χ1n) is 6.94. The fraction of sp³-hybridized carbons (Fsp3) is 0.500. The minimum Gasteiger partial charge on any atom is -0.365 e. The second-order valence-corrected chi connectivity index (χ2v) is 5.36. The van der Waals surface area contributed by atoms with Gasteiger partial charge in [-0.1, -0.05) is 19.0 Å². The molecule has 0 aliphatic carbocycles. The largest absolute Gasteiger partial charge is 0.365 e. The quantitative estimate of drug-likeness (QED) is 0.574. The van der Waals surface area contributed by atoms with Crippen LogP contribution in [0.25, 0.3) is 0 Å². The Morgan fingerprint density at radius 2 is 1.81 bits per heavy atom. The van der Waals surface area contributed by atoms with Gasteiger partial charge < -0.3 is 15.3 Å². The van der Waals surface area contributed by atoms with E-state index < -0.39 is 0 Å². The zero-order valence-electron chi connectivity index (χ0n) is 13.1. The number of hydrogen-bond acceptors (Lipinski definition) is 7. The number of anilines is 2. The van der Waals surface area contributed by atoms with Gasteiger partial charge >= 0.3 is 0 Å². The molecule has 7 heteroatoms. The first kappa shape index (κ1) is 15.2. The van der Waals surface area contributed by atoms with Gasteiger partial charge in [-0.2, -0.15) is 0 Å². The summed E-state index contributed by atoms with van der Waals surface area (Å²) < 4.78 is 5.17. The average Bonchev–Trinajstić information content (AvgIpc) is 2.77. The molecular formula is C14H22N6O. The van der Waals surface area contributed by atoms with Crippen molar-refractivity contribution < 1.29 is 4.52 Å². The van der Waals surface area contributed by atoms with Gasteiger partial charge in [0.25, 0.3) is 0 Å². The van der Waals surface area contributed by atoms with Gasteiger partial charge in [0, 0.05) is 23.6 Å². The number of aromatic nitrogens is 3. The Hall–Kier alpha value is -2.15. The van der Waals surface area contributed by atoms with Crippen molar-refractivity contribution in [2.24, 2.45) is 5.84 Å². The van der Waals surface area contributed by atoms with Gasteiger partial charge in [-0.15, -0.1) is 0 Å². The van der Waals surface area contributed by atoms with Crippen LogP contribution < -0.4 is 16.6 Å². The number of rotatable bonds is 5. The second-order valence-electron chi connectivity index (χ2n) is 5.36. The summed E-state index contributed by atoms with van der Waals surface area (Å²) in [6, 6.07) is 0. The fourth-order valence-electron chi connectivity index (χ4n) is 2.03. The van der Waals surface area contributed by atoms with E-state index >= 15 is 0 Å². The van der Waals surface area contributed by atoms with E-state index in [2.05, 4.69) is 25.9 Å². The summed E-state index contributed by atoms with van der Waals surface area (Å²) >= 11 is 0. The van der Waals surface area contributed by atoms with Gasteiger partial charge in [0.1, 0.15) is 23.2 Å². The molecule has 2 rings (SSSR count). The fourth-order valence-corrected chi connectivity index (χ4v) is 2.03. The Balaban J connectivity index is 2.29. The predicted octanol–water partition coefficient (Wildman–Crippen LogP) is 2.41. The van der Waals surface area contributed by atoms with Crippen LogP contribution in [-0.2, 0) is 6.54 Å². The molecular weight excluding hydrogens is 268 g/mol. The highest BCUT2D eigenvalue weighted by atomic mass is 16.5. The minimum absolute atomic E-state index is 0.220. The Bertz CT molecular complexity index is 615. The molecule has 0 aliphatic rings. The molecule has 0 atom stereocenters. The van der Waals surface area contributed by atoms with E-state index in [0.29, 0.717) is 12.4 Å². The van der Waals surface area contributed by atoms with Crippen molar-refractivity contribution in [3.8, 4) is 0 Å². The van der Waals surface area contributed by atoms with Crippen molar-refractivity contribution in [1.29, 1.82) is 0 Å². The van der Waals surface area contributed by atoms with Crippen molar-refractivity contribution in [3.63, 3.8) is 0 Å². The van der Waals surface area contributed by atoms with Crippen LogP contribution in [0.1, 0.15) is 48.2 Å². The summed E-state index contributed by atoms with van der Waals surface area (Å²) in [6.45, 7) is 10.4. The first-order chi connectivity index (χ1) is 9.93. The number of hydrogen-bond donors (Lipinski definition) is 3. The standard InChI is InChI=1S/C14H22N6O/c1-7(2)12-17-13(8(3)14(18-12)19-15)16-6-11-9(4)20-21-10(11)5/h7H,6,15H2,1-5H3,(H2,16,17,18,19). The second kappa shape index (κ2) is 6.09. The SMILES string of the molecule is Cc1noc(C)c1CNc1nc(C(C)C)nc(NN)c1C. The zero-order chi connectivity index (χ0) is 15.6. The molecule has 0 spiro atoms. The van der Waals surface area contributed by atoms with Crippen LogP contribution in [0.5, 0.6) is 0 Å². The molecule has 0 bridgehead atoms. The van der Waals surface area contributed by atoms with E-state index in [1.807, 2.05) is 34.6 Å². The maximum atomic E-state index is 5.53. The molecule has 2 heterocycles. The van der Waals surface area contributed by atoms with Crippen molar-refractivity contribution in [2.75, 3.05) is 10.7 Å². The monoisotopic (exact) mass is 290 g/mol. The topological polar surface area (TPSA) is 102 Å². The molecule has 0 radical (unpaired) electrons. The van der Waals surface area contributed by atoms with Crippen molar-refractivity contribution in [2.45, 2.75) is 47.1 Å². The lowest BCUT2D eigenvalue weighted by Crippen LogP contribution is -2.15. The van der Waals surface area contributed by atoms with E-state index in [-0.39, 0.29) is 5.92 Å². The first-order valence-corrected chi connectivity index (χ1v) is 6.94. The summed E-state index contributed by atoms with van der Waals surface area (Å²) in [6.07, 6.45) is 0. The third kappa shape index (κ3) is 3.13. The number of hydrazine groups is 1. The van der Waals surface area contributed by atoms with Gasteiger partial charge in [0.2, 0.25) is 0 Å². The van der Waals surface area contributed by atoms with Crippen LogP contribution in [0.4, 0.5) is 11.6 Å². The van der Waals surface area contributed by atoms with Gasteiger partial charge in [0.05, 0.1) is 5.69 Å². The van der Waals surface area contributed by atoms with Crippen LogP contribution in [0, 0.1) is 20.8 Å². The number of aryl methyl sites for hydroxylation is 2. The van der Waals surface area contributed by atoms with E-state index in [9.17, 15) is 0 Å². The number of nitrogens with zero attached hydrogens (tertiary/aromatic N) is 3. The lowest BCUT2D eigenvalue weighted by molar-refractivity contribution is 0.392. The Morgan fingerprint density at radius 1 is 1.14 bits per heavy atom. The molecule has 0 saturated carbocycles. The van der Waals surface area contributed by atoms with Crippen LogP contribution in [0.15, 0.2) is 4.52 Å². The third-order valence-electron chi connectivity index (χ3n) is 3.43. The van der Waals surface area contributed by atoms with E-state index in [1.165, 1.54) is 0 Å². The summed E-state index contributed by atoms with van der Waals surface area (Å²) in [5.74, 6) is 8.71. The highest BCUT2D eigenvalue weighted by Gasteiger charge is 2.14. The van der Waals surface area contributed by atoms with Crippen molar-refractivity contribution >= 4 is 11.6 Å². The number of nitrogen functional groups attached to an aromatic ring is 1. The van der Waals surface area contributed by atoms with Crippen molar-refractivity contribution in [1.82, 2.24) is 15.1 Å². The molecule has 21 heavy (non-hydrogen) atoms. The molecule has 2 aromatic rings. The molecule has 0 amide bonds. The molecule has 114 valence electrons. The molecule has 0 fully saturated rings. The molecule has 0 unspecified atom stereocenters. The molecule has 0 aliphatic heterocycles. The summed E-state index contributed by atoms with van der Waals surface area (Å²) in [4.78, 5) is 8.98. The van der Waals surface area contributed by atoms with Crippen LogP contribution in [0.2, 0.25) is 0 Å². The Morgan fingerprint density at radius 3 is 2.33 bits per heavy atom. The van der Waals surface area contributed by atoms with E-state index in [4.69, 9.17) is 10.4 Å². The highest BCUT2D eigenvalue weighted by Crippen LogP contribution is 2.23. The van der Waals surface area contributed by atoms with Crippen molar-refractivity contribution in [3.05, 3.63) is 28.4 Å². The zero-order valence-corrected chi connectivity index (χ0v) is 13.1. The third-order valence-corrected chi connectivity index (χ3v) is 3.43. The minimum atomic E-state index is 0.220. The number of nitrogens with two attached hydrogens (primary N) is 1. The van der Waals surface area contributed by atoms with E-state index in [0.717, 1.165) is 34.2 Å². The molecule has 2 aromatic heterocycles. The van der Waals surface area contributed by atoms with Crippen LogP contribution >= 0.6 is 0 Å². The molecule has 0 saturated heterocycles. The lowest BCUT2D eigenvalue weighted by Gasteiger charge is -2.15. The highest BCUT2D eigenvalue weighted by molar-refractivity contribution is 5.57. The molecule has 0 aromatic carbocycles. The van der Waals surface area contributed by atoms with Gasteiger partial charge in [-0.25, -0.2) is 15.8 Å². The summed E-state index contributed by atoms with van der Waals surface area (Å²) in [5.41, 5.74) is 5.43. The number of nitrogens with one attached hydrogen (secondary N) is 2. The maximum Gasteiger partial charge on any atom is 0.148 e. The van der Waals surface area contributed by atoms with Gasteiger partial charge in [-0.05, 0) is 20.8 Å². The molecule has 4 N–H and O–H groups in total. The summed E-state index contributed by atoms with van der Waals surface area (Å²) in [7, 11) is 0. The Labute approximate surface area is 124 Å². The van der Waals surface area contributed by atoms with Crippen LogP contribution in [-0.4, -0.2) is 15.1 Å². The van der Waals surface area contributed by atoms with Gasteiger partial charge in [0.15, 0.2) is 0 Å². The lowest BCUT2D eigenvalue weighted by atomic mass is 10.2. The maximum absolute atomic E-state index is 5.53. The van der Waals surface area contributed by atoms with E-state index in [1.54, 1.807) is 0 Å².